The number of ether oxygens (including phenoxy) is 2. The molecule has 2 heterocycles. The highest BCUT2D eigenvalue weighted by Crippen LogP contribution is 2.31. The summed E-state index contributed by atoms with van der Waals surface area (Å²) in [6, 6.07) is 0.772. The molecule has 0 aliphatic carbocycles. The Balaban J connectivity index is 2.53. The fraction of sp³-hybridized carbons (Fsp3) is 0.583. The van der Waals surface area contributed by atoms with Gasteiger partial charge in [0.1, 0.15) is 17.9 Å². The number of hydrogen-bond donors (Lipinski definition) is 3. The molecule has 0 saturated carbocycles. The second-order valence-corrected chi connectivity index (χ2v) is 4.60. The number of aliphatic hydroxyl groups is 2. The summed E-state index contributed by atoms with van der Waals surface area (Å²) in [7, 11) is 0. The van der Waals surface area contributed by atoms with Crippen molar-refractivity contribution >= 4 is 5.97 Å². The van der Waals surface area contributed by atoms with Gasteiger partial charge in [-0.25, -0.2) is 14.0 Å². The number of nitrogens with zero attached hydrogens (tertiary/aromatic N) is 1. The van der Waals surface area contributed by atoms with E-state index in [9.17, 15) is 23.9 Å². The molecule has 22 heavy (non-hydrogen) atoms. The number of alkyl halides is 1. The smallest absolute Gasteiger partial charge is 0.355 e. The summed E-state index contributed by atoms with van der Waals surface area (Å²) in [4.78, 5) is 37.0. The fourth-order valence-electron chi connectivity index (χ4n) is 2.18. The van der Waals surface area contributed by atoms with Crippen molar-refractivity contribution in [3.05, 3.63) is 32.6 Å². The number of H-pyrrole nitrogens is 1. The molecule has 0 spiro atoms. The van der Waals surface area contributed by atoms with Gasteiger partial charge in [-0.2, -0.15) is 0 Å². The zero-order valence-corrected chi connectivity index (χ0v) is 11.6. The van der Waals surface area contributed by atoms with Crippen LogP contribution in [0.3, 0.4) is 0 Å². The maximum absolute atomic E-state index is 14.1. The lowest BCUT2D eigenvalue weighted by Crippen LogP contribution is -2.39. The van der Waals surface area contributed by atoms with Crippen LogP contribution in [0.25, 0.3) is 0 Å². The average Bonchev–Trinajstić information content (AvgIpc) is 2.74. The van der Waals surface area contributed by atoms with Gasteiger partial charge in [-0.05, 0) is 6.92 Å². The number of aromatic nitrogens is 2. The van der Waals surface area contributed by atoms with Crippen LogP contribution in [-0.2, 0) is 9.47 Å². The predicted molar refractivity (Wildman–Crippen MR) is 69.2 cm³/mol. The zero-order chi connectivity index (χ0) is 16.4. The number of rotatable bonds is 4. The van der Waals surface area contributed by atoms with E-state index in [2.05, 4.69) is 0 Å². The third kappa shape index (κ3) is 2.80. The molecule has 1 aliphatic rings. The molecule has 1 aromatic heterocycles. The lowest BCUT2D eigenvalue weighted by atomic mass is 10.1. The summed E-state index contributed by atoms with van der Waals surface area (Å²) in [6.07, 6.45) is -6.68. The predicted octanol–water partition coefficient (Wildman–Crippen LogP) is -1.70. The molecule has 0 unspecified atom stereocenters. The minimum absolute atomic E-state index is 0.0215. The molecule has 2 rings (SSSR count). The number of aromatic amines is 1. The van der Waals surface area contributed by atoms with Crippen molar-refractivity contribution in [2.75, 3.05) is 13.2 Å². The maximum Gasteiger partial charge on any atom is 0.355 e. The van der Waals surface area contributed by atoms with Gasteiger partial charge < -0.3 is 19.7 Å². The van der Waals surface area contributed by atoms with Gasteiger partial charge in [0.2, 0.25) is 0 Å². The Bertz CT molecular complexity index is 670. The van der Waals surface area contributed by atoms with E-state index in [1.165, 1.54) is 6.92 Å². The lowest BCUT2D eigenvalue weighted by molar-refractivity contribution is -0.0504. The first-order valence-electron chi connectivity index (χ1n) is 6.52. The van der Waals surface area contributed by atoms with Crippen molar-refractivity contribution < 1.29 is 28.9 Å². The molecule has 0 radical (unpaired) electrons. The van der Waals surface area contributed by atoms with Crippen LogP contribution < -0.4 is 11.2 Å². The second kappa shape index (κ2) is 6.38. The van der Waals surface area contributed by atoms with E-state index in [-0.39, 0.29) is 6.61 Å². The number of carbonyl (C=O) groups is 1. The molecular weight excluding hydrogens is 303 g/mol. The molecule has 122 valence electrons. The number of esters is 1. The Labute approximate surface area is 122 Å². The summed E-state index contributed by atoms with van der Waals surface area (Å²) in [5.41, 5.74) is -2.46. The first kappa shape index (κ1) is 16.3. The average molecular weight is 318 g/mol. The normalized spacial score (nSPS) is 27.8. The molecule has 4 atom stereocenters. The van der Waals surface area contributed by atoms with E-state index in [0.29, 0.717) is 4.57 Å². The maximum atomic E-state index is 14.1. The third-order valence-electron chi connectivity index (χ3n) is 3.19. The molecule has 10 heteroatoms. The molecule has 1 fully saturated rings. The number of halogens is 1. The van der Waals surface area contributed by atoms with E-state index in [0.717, 1.165) is 6.07 Å². The highest BCUT2D eigenvalue weighted by Gasteiger charge is 2.46. The second-order valence-electron chi connectivity index (χ2n) is 4.60. The van der Waals surface area contributed by atoms with Gasteiger partial charge in [0, 0.05) is 6.07 Å². The number of aliphatic hydroxyl groups excluding tert-OH is 2. The Morgan fingerprint density at radius 3 is 2.77 bits per heavy atom. The highest BCUT2D eigenvalue weighted by atomic mass is 19.1. The molecule has 9 nitrogen and oxygen atoms in total. The quantitative estimate of drug-likeness (QED) is 0.564. The third-order valence-corrected chi connectivity index (χ3v) is 3.19. The van der Waals surface area contributed by atoms with Crippen LogP contribution in [0.15, 0.2) is 15.7 Å². The summed E-state index contributed by atoms with van der Waals surface area (Å²) in [6.45, 7) is 0.820. The van der Waals surface area contributed by atoms with Crippen LogP contribution in [0.4, 0.5) is 4.39 Å². The Morgan fingerprint density at radius 2 is 2.23 bits per heavy atom. The summed E-state index contributed by atoms with van der Waals surface area (Å²) in [5.74, 6) is -1.01. The molecule has 1 aliphatic heterocycles. The molecule has 1 aromatic rings. The SMILES string of the molecule is CCOC(=O)c1cc(=O)[nH]c(=O)n1[C@@H]1O[C@H](CO)[C@@H](O)[C@H]1F. The van der Waals surface area contributed by atoms with Crippen LogP contribution >= 0.6 is 0 Å². The van der Waals surface area contributed by atoms with Crippen LogP contribution in [0.2, 0.25) is 0 Å². The largest absolute Gasteiger partial charge is 0.461 e. The standard InChI is InChI=1S/C12H15FN2O7/c1-2-21-11(19)5-3-7(17)14-12(20)15(5)10-8(13)9(18)6(4-16)22-10/h3,6,8-10,16,18H,2,4H2,1H3,(H,14,17,20)/t6-,8-,9-,10-/m1/s1. The van der Waals surface area contributed by atoms with Gasteiger partial charge in [0.25, 0.3) is 5.56 Å². The van der Waals surface area contributed by atoms with E-state index >= 15 is 0 Å². The van der Waals surface area contributed by atoms with Crippen molar-refractivity contribution in [3.63, 3.8) is 0 Å². The topological polar surface area (TPSA) is 131 Å². The zero-order valence-electron chi connectivity index (χ0n) is 11.6. The Morgan fingerprint density at radius 1 is 1.55 bits per heavy atom. The van der Waals surface area contributed by atoms with E-state index in [1.54, 1.807) is 0 Å². The van der Waals surface area contributed by atoms with Crippen LogP contribution in [-0.4, -0.2) is 57.3 Å². The minimum Gasteiger partial charge on any atom is -0.461 e. The monoisotopic (exact) mass is 318 g/mol. The van der Waals surface area contributed by atoms with E-state index in [4.69, 9.17) is 14.6 Å². The van der Waals surface area contributed by atoms with Crippen molar-refractivity contribution in [1.82, 2.24) is 9.55 Å². The van der Waals surface area contributed by atoms with Crippen molar-refractivity contribution in [2.24, 2.45) is 0 Å². The van der Waals surface area contributed by atoms with Crippen molar-refractivity contribution in [2.45, 2.75) is 31.5 Å². The molecule has 0 aromatic carbocycles. The van der Waals surface area contributed by atoms with Gasteiger partial charge in [-0.3, -0.25) is 14.3 Å². The van der Waals surface area contributed by atoms with Crippen LogP contribution in [0.1, 0.15) is 23.6 Å². The minimum atomic E-state index is -2.08. The summed E-state index contributed by atoms with van der Waals surface area (Å²) >= 11 is 0. The number of carbonyl (C=O) groups excluding carboxylic acids is 1. The molecule has 1 saturated heterocycles. The fourth-order valence-corrected chi connectivity index (χ4v) is 2.18. The summed E-state index contributed by atoms with van der Waals surface area (Å²) < 4.78 is 24.5. The van der Waals surface area contributed by atoms with Gasteiger partial charge in [0.15, 0.2) is 12.4 Å². The number of nitrogens with one attached hydrogen (secondary N) is 1. The molecule has 0 bridgehead atoms. The molecular formula is C12H15FN2O7. The highest BCUT2D eigenvalue weighted by molar-refractivity contribution is 5.87. The van der Waals surface area contributed by atoms with Crippen molar-refractivity contribution in [3.8, 4) is 0 Å². The first-order valence-corrected chi connectivity index (χ1v) is 6.52. The van der Waals surface area contributed by atoms with Crippen LogP contribution in [0, 0.1) is 0 Å². The first-order chi connectivity index (χ1) is 10.4. The lowest BCUT2D eigenvalue weighted by Gasteiger charge is -2.18. The number of hydrogen-bond acceptors (Lipinski definition) is 7. The van der Waals surface area contributed by atoms with Gasteiger partial charge in [-0.1, -0.05) is 0 Å². The Kier molecular flexibility index (Phi) is 4.74. The molecule has 0 amide bonds. The van der Waals surface area contributed by atoms with E-state index in [1.807, 2.05) is 4.98 Å². The van der Waals surface area contributed by atoms with Crippen molar-refractivity contribution in [1.29, 1.82) is 0 Å². The van der Waals surface area contributed by atoms with Crippen LogP contribution in [0.5, 0.6) is 0 Å². The van der Waals surface area contributed by atoms with Gasteiger partial charge >= 0.3 is 11.7 Å². The Hall–Kier alpha value is -2.04. The van der Waals surface area contributed by atoms with E-state index < -0.39 is 54.1 Å². The summed E-state index contributed by atoms with van der Waals surface area (Å²) in [5, 5.41) is 18.6. The molecule has 3 N–H and O–H groups in total. The van der Waals surface area contributed by atoms with Gasteiger partial charge in [0.05, 0.1) is 13.2 Å². The van der Waals surface area contributed by atoms with Gasteiger partial charge in [-0.15, -0.1) is 0 Å².